The van der Waals surface area contributed by atoms with Crippen molar-refractivity contribution in [3.8, 4) is 0 Å². The van der Waals surface area contributed by atoms with Crippen LogP contribution in [0.4, 0.5) is 0 Å². The molecule has 0 saturated carbocycles. The van der Waals surface area contributed by atoms with Gasteiger partial charge in [0.25, 0.3) is 0 Å². The lowest BCUT2D eigenvalue weighted by molar-refractivity contribution is -0.145. The second kappa shape index (κ2) is 7.11. The molecule has 1 saturated heterocycles. The first-order valence-corrected chi connectivity index (χ1v) is 7.26. The van der Waals surface area contributed by atoms with Crippen LogP contribution in [0.2, 0.25) is 10.0 Å². The first-order chi connectivity index (χ1) is 9.97. The Labute approximate surface area is 132 Å². The Bertz CT molecular complexity index is 550. The smallest absolute Gasteiger partial charge is 0.305 e. The number of carbonyl (C=O) groups is 2. The summed E-state index contributed by atoms with van der Waals surface area (Å²) in [5, 5.41) is 9.72. The van der Waals surface area contributed by atoms with Crippen molar-refractivity contribution in [1.29, 1.82) is 0 Å². The van der Waals surface area contributed by atoms with Crippen LogP contribution >= 0.6 is 23.2 Å². The number of hydrogen-bond donors (Lipinski definition) is 1. The van der Waals surface area contributed by atoms with Crippen LogP contribution in [-0.4, -0.2) is 47.7 Å². The number of rotatable bonds is 4. The third-order valence-electron chi connectivity index (χ3n) is 3.30. The minimum absolute atomic E-state index is 0.118. The number of hydrogen-bond acceptors (Lipinski definition) is 3. The molecule has 1 aromatic rings. The van der Waals surface area contributed by atoms with E-state index in [9.17, 15) is 9.59 Å². The SMILES string of the molecule is O=C(O)CC1COCCN1C(=O)Cc1ccc(Cl)c(Cl)c1. The first-order valence-electron chi connectivity index (χ1n) is 6.50. The largest absolute Gasteiger partial charge is 0.481 e. The lowest BCUT2D eigenvalue weighted by Crippen LogP contribution is -2.50. The van der Waals surface area contributed by atoms with Crippen LogP contribution in [-0.2, 0) is 20.7 Å². The summed E-state index contributed by atoms with van der Waals surface area (Å²) in [7, 11) is 0. The number of halogens is 2. The van der Waals surface area contributed by atoms with Crippen molar-refractivity contribution in [3.05, 3.63) is 33.8 Å². The highest BCUT2D eigenvalue weighted by Crippen LogP contribution is 2.23. The van der Waals surface area contributed by atoms with Crippen molar-refractivity contribution in [2.45, 2.75) is 18.9 Å². The molecule has 2 rings (SSSR count). The molecule has 1 N–H and O–H groups in total. The average Bonchev–Trinajstić information content (AvgIpc) is 2.43. The lowest BCUT2D eigenvalue weighted by Gasteiger charge is -2.35. The van der Waals surface area contributed by atoms with Gasteiger partial charge in [-0.15, -0.1) is 0 Å². The number of carboxylic acids is 1. The van der Waals surface area contributed by atoms with Gasteiger partial charge in [-0.25, -0.2) is 0 Å². The van der Waals surface area contributed by atoms with Crippen LogP contribution in [0.15, 0.2) is 18.2 Å². The lowest BCUT2D eigenvalue weighted by atomic mass is 10.1. The maximum atomic E-state index is 12.4. The quantitative estimate of drug-likeness (QED) is 0.918. The fourth-order valence-electron chi connectivity index (χ4n) is 2.28. The molecule has 114 valence electrons. The van der Waals surface area contributed by atoms with Crippen LogP contribution in [0, 0.1) is 0 Å². The molecule has 1 unspecified atom stereocenters. The van der Waals surface area contributed by atoms with Crippen molar-refractivity contribution in [2.75, 3.05) is 19.8 Å². The summed E-state index contributed by atoms with van der Waals surface area (Å²) in [6.45, 7) is 1.07. The molecule has 1 atom stereocenters. The van der Waals surface area contributed by atoms with Gasteiger partial charge >= 0.3 is 5.97 Å². The molecule has 7 heteroatoms. The van der Waals surface area contributed by atoms with Crippen molar-refractivity contribution in [2.24, 2.45) is 0 Å². The molecule has 0 aromatic heterocycles. The zero-order valence-electron chi connectivity index (χ0n) is 11.2. The van der Waals surface area contributed by atoms with Gasteiger partial charge in [0.1, 0.15) is 0 Å². The summed E-state index contributed by atoms with van der Waals surface area (Å²) in [6.07, 6.45) is 0.0418. The van der Waals surface area contributed by atoms with Gasteiger partial charge in [-0.1, -0.05) is 29.3 Å². The van der Waals surface area contributed by atoms with Gasteiger partial charge in [0.2, 0.25) is 5.91 Å². The van der Waals surface area contributed by atoms with Gasteiger partial charge in [0, 0.05) is 6.54 Å². The molecule has 0 aliphatic carbocycles. The Hall–Kier alpha value is -1.30. The number of benzene rings is 1. The van der Waals surface area contributed by atoms with Gasteiger partial charge in [0.15, 0.2) is 0 Å². The molecular weight excluding hydrogens is 317 g/mol. The number of nitrogens with zero attached hydrogens (tertiary/aromatic N) is 1. The molecule has 21 heavy (non-hydrogen) atoms. The molecule has 1 aromatic carbocycles. The van der Waals surface area contributed by atoms with Gasteiger partial charge in [0.05, 0.1) is 42.1 Å². The molecule has 1 amide bonds. The summed E-state index contributed by atoms with van der Waals surface area (Å²) in [6, 6.07) is 4.60. The van der Waals surface area contributed by atoms with Crippen LogP contribution < -0.4 is 0 Å². The fraction of sp³-hybridized carbons (Fsp3) is 0.429. The van der Waals surface area contributed by atoms with E-state index in [0.717, 1.165) is 5.56 Å². The topological polar surface area (TPSA) is 66.8 Å². The minimum Gasteiger partial charge on any atom is -0.481 e. The van der Waals surface area contributed by atoms with Crippen molar-refractivity contribution in [1.82, 2.24) is 4.90 Å². The van der Waals surface area contributed by atoms with Gasteiger partial charge in [-0.05, 0) is 17.7 Å². The zero-order chi connectivity index (χ0) is 15.4. The number of ether oxygens (including phenoxy) is 1. The molecule has 0 spiro atoms. The Morgan fingerprint density at radius 1 is 1.33 bits per heavy atom. The number of amides is 1. The number of carbonyl (C=O) groups excluding carboxylic acids is 1. The third kappa shape index (κ3) is 4.33. The van der Waals surface area contributed by atoms with E-state index < -0.39 is 12.0 Å². The maximum Gasteiger partial charge on any atom is 0.305 e. The Morgan fingerprint density at radius 2 is 2.10 bits per heavy atom. The van der Waals surface area contributed by atoms with E-state index >= 15 is 0 Å². The average molecular weight is 332 g/mol. The van der Waals surface area contributed by atoms with E-state index in [1.165, 1.54) is 0 Å². The van der Waals surface area contributed by atoms with E-state index in [0.29, 0.717) is 23.2 Å². The highest BCUT2D eigenvalue weighted by molar-refractivity contribution is 6.42. The van der Waals surface area contributed by atoms with Crippen LogP contribution in [0.1, 0.15) is 12.0 Å². The van der Waals surface area contributed by atoms with Crippen LogP contribution in [0.5, 0.6) is 0 Å². The zero-order valence-corrected chi connectivity index (χ0v) is 12.7. The predicted molar refractivity (Wildman–Crippen MR) is 78.7 cm³/mol. The molecule has 0 bridgehead atoms. The molecule has 1 fully saturated rings. The molecule has 5 nitrogen and oxygen atoms in total. The molecular formula is C14H15Cl2NO4. The monoisotopic (exact) mass is 331 g/mol. The molecule has 0 radical (unpaired) electrons. The summed E-state index contributed by atoms with van der Waals surface area (Å²) in [5.41, 5.74) is 0.745. The molecule has 1 heterocycles. The Morgan fingerprint density at radius 3 is 2.76 bits per heavy atom. The number of carboxylic acid groups (broad SMARTS) is 1. The summed E-state index contributed by atoms with van der Waals surface area (Å²) < 4.78 is 5.25. The molecule has 1 aliphatic rings. The van der Waals surface area contributed by atoms with E-state index in [4.69, 9.17) is 33.0 Å². The normalized spacial score (nSPS) is 18.6. The maximum absolute atomic E-state index is 12.4. The standard InChI is InChI=1S/C14H15Cl2NO4/c15-11-2-1-9(5-12(11)16)6-13(18)17-3-4-21-8-10(17)7-14(19)20/h1-2,5,10H,3-4,6-8H2,(H,19,20). The van der Waals surface area contributed by atoms with Gasteiger partial charge in [-0.3, -0.25) is 9.59 Å². The predicted octanol–water partition coefficient (Wildman–Crippen LogP) is 2.24. The van der Waals surface area contributed by atoms with Gasteiger partial charge < -0.3 is 14.7 Å². The summed E-state index contributed by atoms with van der Waals surface area (Å²) in [4.78, 5) is 24.8. The van der Waals surface area contributed by atoms with Crippen LogP contribution in [0.3, 0.4) is 0 Å². The Kier molecular flexibility index (Phi) is 5.45. The minimum atomic E-state index is -0.946. The van der Waals surface area contributed by atoms with E-state index in [-0.39, 0.29) is 25.4 Å². The summed E-state index contributed by atoms with van der Waals surface area (Å²) >= 11 is 11.8. The second-order valence-corrected chi connectivity index (χ2v) is 5.65. The third-order valence-corrected chi connectivity index (χ3v) is 4.04. The Balaban J connectivity index is 2.06. The van der Waals surface area contributed by atoms with E-state index in [2.05, 4.69) is 0 Å². The van der Waals surface area contributed by atoms with Gasteiger partial charge in [-0.2, -0.15) is 0 Å². The highest BCUT2D eigenvalue weighted by atomic mass is 35.5. The second-order valence-electron chi connectivity index (χ2n) is 4.84. The highest BCUT2D eigenvalue weighted by Gasteiger charge is 2.29. The van der Waals surface area contributed by atoms with Crippen molar-refractivity contribution in [3.63, 3.8) is 0 Å². The summed E-state index contributed by atoms with van der Waals surface area (Å²) in [5.74, 6) is -1.08. The first kappa shape index (κ1) is 16.1. The van der Waals surface area contributed by atoms with Crippen LogP contribution in [0.25, 0.3) is 0 Å². The van der Waals surface area contributed by atoms with E-state index in [1.54, 1.807) is 23.1 Å². The van der Waals surface area contributed by atoms with E-state index in [1.807, 2.05) is 0 Å². The van der Waals surface area contributed by atoms with Crippen molar-refractivity contribution >= 4 is 35.1 Å². The number of aliphatic carboxylic acids is 1. The fourth-order valence-corrected chi connectivity index (χ4v) is 2.60. The molecule has 1 aliphatic heterocycles. The van der Waals surface area contributed by atoms with Crippen molar-refractivity contribution < 1.29 is 19.4 Å². The number of morpholine rings is 1.